The number of carbonyl (C=O) groups excluding carboxylic acids is 2. The van der Waals surface area contributed by atoms with Crippen molar-refractivity contribution in [3.8, 4) is 22.8 Å². The Hall–Kier alpha value is -4.65. The molecule has 1 amide bonds. The van der Waals surface area contributed by atoms with Crippen molar-refractivity contribution in [2.45, 2.75) is 18.9 Å². The Morgan fingerprint density at radius 2 is 1.74 bits per heavy atom. The number of ether oxygens (including phenoxy) is 2. The van der Waals surface area contributed by atoms with Crippen LogP contribution in [0, 0.1) is 0 Å². The van der Waals surface area contributed by atoms with Crippen molar-refractivity contribution in [1.29, 1.82) is 0 Å². The highest BCUT2D eigenvalue weighted by atomic mass is 16.5. The zero-order valence-corrected chi connectivity index (χ0v) is 19.0. The smallest absolute Gasteiger partial charge is 0.293 e. The van der Waals surface area contributed by atoms with Gasteiger partial charge in [-0.1, -0.05) is 36.9 Å². The molecule has 0 saturated carbocycles. The molecule has 0 radical (unpaired) electrons. The average molecular weight is 468 g/mol. The molecule has 0 spiro atoms. The number of nitrogens with one attached hydrogen (secondary N) is 2. The van der Waals surface area contributed by atoms with Gasteiger partial charge in [-0.3, -0.25) is 14.7 Å². The van der Waals surface area contributed by atoms with Crippen molar-refractivity contribution in [3.63, 3.8) is 0 Å². The highest BCUT2D eigenvalue weighted by Crippen LogP contribution is 2.25. The van der Waals surface area contributed by atoms with Gasteiger partial charge < -0.3 is 14.8 Å². The lowest BCUT2D eigenvalue weighted by Gasteiger charge is -2.15. The number of benzene rings is 3. The summed E-state index contributed by atoms with van der Waals surface area (Å²) in [6, 6.07) is 26.6. The maximum Gasteiger partial charge on any atom is 0.293 e. The number of aromatic amines is 1. The summed E-state index contributed by atoms with van der Waals surface area (Å²) in [6.45, 7) is 3.91. The first-order chi connectivity index (χ1) is 17.1. The van der Waals surface area contributed by atoms with E-state index in [-0.39, 0.29) is 5.91 Å². The minimum atomic E-state index is -0.396. The van der Waals surface area contributed by atoms with Gasteiger partial charge in [0.15, 0.2) is 0 Å². The van der Waals surface area contributed by atoms with Crippen LogP contribution in [0.5, 0.6) is 11.5 Å². The van der Waals surface area contributed by atoms with Crippen LogP contribution in [-0.4, -0.2) is 28.7 Å². The number of anilines is 1. The normalized spacial score (nSPS) is 11.3. The molecular weight excluding hydrogens is 442 g/mol. The van der Waals surface area contributed by atoms with Gasteiger partial charge in [-0.15, -0.1) is 0 Å². The van der Waals surface area contributed by atoms with Crippen LogP contribution in [0.1, 0.15) is 11.3 Å². The van der Waals surface area contributed by atoms with Crippen LogP contribution in [0.4, 0.5) is 5.69 Å². The minimum absolute atomic E-state index is 0.285. The Kier molecular flexibility index (Phi) is 7.70. The van der Waals surface area contributed by atoms with Crippen LogP contribution in [-0.2, 0) is 27.2 Å². The molecule has 0 bridgehead atoms. The highest BCUT2D eigenvalue weighted by molar-refractivity contribution is 5.98. The third kappa shape index (κ3) is 6.68. The third-order valence-electron chi connectivity index (χ3n) is 5.30. The topological polar surface area (TPSA) is 93.3 Å². The minimum Gasteiger partial charge on any atom is -0.464 e. The summed E-state index contributed by atoms with van der Waals surface area (Å²) in [7, 11) is 0. The average Bonchev–Trinajstić information content (AvgIpc) is 3.34. The van der Waals surface area contributed by atoms with Gasteiger partial charge in [0, 0.05) is 29.8 Å². The summed E-state index contributed by atoms with van der Waals surface area (Å²) in [5.74, 6) is 1.23. The number of H-pyrrole nitrogens is 1. The first-order valence-corrected chi connectivity index (χ1v) is 11.1. The monoisotopic (exact) mass is 467 g/mol. The second-order valence-corrected chi connectivity index (χ2v) is 7.87. The van der Waals surface area contributed by atoms with Crippen LogP contribution in [0.3, 0.4) is 0 Å². The molecule has 0 aliphatic rings. The fraction of sp³-hybridized carbons (Fsp3) is 0.107. The fourth-order valence-corrected chi connectivity index (χ4v) is 3.66. The van der Waals surface area contributed by atoms with E-state index in [2.05, 4.69) is 22.1 Å². The SMILES string of the molecule is C=CC(=O)Nc1cccc(CC(Cc2cc(-c3ccc(Oc4ccccc4)cc3)n[nH]2)OC=O)c1. The van der Waals surface area contributed by atoms with Crippen LogP contribution in [0.25, 0.3) is 11.3 Å². The van der Waals surface area contributed by atoms with Gasteiger partial charge in [-0.05, 0) is 66.2 Å². The van der Waals surface area contributed by atoms with E-state index in [1.807, 2.05) is 78.9 Å². The highest BCUT2D eigenvalue weighted by Gasteiger charge is 2.15. The zero-order chi connectivity index (χ0) is 24.5. The van der Waals surface area contributed by atoms with Gasteiger partial charge in [0.1, 0.15) is 17.6 Å². The van der Waals surface area contributed by atoms with Crippen LogP contribution in [0.15, 0.2) is 97.6 Å². The Bertz CT molecular complexity index is 1280. The molecule has 1 aromatic heterocycles. The fourth-order valence-electron chi connectivity index (χ4n) is 3.66. The molecule has 1 unspecified atom stereocenters. The quantitative estimate of drug-likeness (QED) is 0.230. The van der Waals surface area contributed by atoms with E-state index < -0.39 is 6.10 Å². The molecule has 0 saturated heterocycles. The molecule has 4 rings (SSSR count). The Morgan fingerprint density at radius 1 is 0.971 bits per heavy atom. The molecule has 3 aromatic carbocycles. The van der Waals surface area contributed by atoms with Gasteiger partial charge >= 0.3 is 0 Å². The van der Waals surface area contributed by atoms with Gasteiger partial charge in [-0.2, -0.15) is 5.10 Å². The summed E-state index contributed by atoms with van der Waals surface area (Å²) < 4.78 is 11.2. The van der Waals surface area contributed by atoms with Gasteiger partial charge in [0.05, 0.1) is 5.69 Å². The number of amides is 1. The van der Waals surface area contributed by atoms with E-state index >= 15 is 0 Å². The van der Waals surface area contributed by atoms with Crippen molar-refractivity contribution >= 4 is 18.1 Å². The summed E-state index contributed by atoms with van der Waals surface area (Å²) in [5.41, 5.74) is 4.14. The Morgan fingerprint density at radius 3 is 2.49 bits per heavy atom. The summed E-state index contributed by atoms with van der Waals surface area (Å²) in [5, 5.41) is 10.2. The third-order valence-corrected chi connectivity index (χ3v) is 5.30. The molecule has 0 aliphatic carbocycles. The standard InChI is InChI=1S/C28H25N3O4/c1-2-28(33)29-22-8-6-7-20(15-22)16-26(34-19-32)17-23-18-27(31-30-23)21-11-13-25(14-12-21)35-24-9-4-3-5-10-24/h2-15,18-19,26H,1,16-17H2,(H,29,33)(H,30,31). The van der Waals surface area contributed by atoms with E-state index in [9.17, 15) is 9.59 Å². The molecule has 176 valence electrons. The van der Waals surface area contributed by atoms with Gasteiger partial charge in [0.2, 0.25) is 5.91 Å². The van der Waals surface area contributed by atoms with E-state index in [4.69, 9.17) is 9.47 Å². The second-order valence-electron chi connectivity index (χ2n) is 7.87. The number of hydrogen-bond acceptors (Lipinski definition) is 5. The summed E-state index contributed by atoms with van der Waals surface area (Å²) in [6.07, 6.45) is 1.76. The molecule has 0 fully saturated rings. The Balaban J connectivity index is 1.40. The van der Waals surface area contributed by atoms with E-state index in [0.717, 1.165) is 34.0 Å². The van der Waals surface area contributed by atoms with Crippen molar-refractivity contribution in [1.82, 2.24) is 10.2 Å². The lowest BCUT2D eigenvalue weighted by atomic mass is 10.0. The molecular formula is C28H25N3O4. The molecule has 7 heteroatoms. The molecule has 1 atom stereocenters. The summed E-state index contributed by atoms with van der Waals surface area (Å²) in [4.78, 5) is 22.7. The van der Waals surface area contributed by atoms with Crippen molar-refractivity contribution in [2.24, 2.45) is 0 Å². The lowest BCUT2D eigenvalue weighted by Crippen LogP contribution is -2.19. The van der Waals surface area contributed by atoms with Crippen molar-refractivity contribution < 1.29 is 19.1 Å². The number of para-hydroxylation sites is 1. The van der Waals surface area contributed by atoms with Crippen LogP contribution in [0.2, 0.25) is 0 Å². The van der Waals surface area contributed by atoms with Crippen molar-refractivity contribution in [2.75, 3.05) is 5.32 Å². The van der Waals surface area contributed by atoms with E-state index in [0.29, 0.717) is 25.0 Å². The number of hydrogen-bond donors (Lipinski definition) is 2. The maximum absolute atomic E-state index is 11.6. The van der Waals surface area contributed by atoms with Gasteiger partial charge in [-0.25, -0.2) is 0 Å². The first-order valence-electron chi connectivity index (χ1n) is 11.1. The second kappa shape index (κ2) is 11.5. The maximum atomic E-state index is 11.6. The van der Waals surface area contributed by atoms with Crippen LogP contribution < -0.4 is 10.1 Å². The molecule has 7 nitrogen and oxygen atoms in total. The number of nitrogens with zero attached hydrogens (tertiary/aromatic N) is 1. The number of carbonyl (C=O) groups is 2. The van der Waals surface area contributed by atoms with Crippen LogP contribution >= 0.6 is 0 Å². The van der Waals surface area contributed by atoms with E-state index in [1.54, 1.807) is 6.07 Å². The molecule has 0 aliphatic heterocycles. The predicted octanol–water partition coefficient (Wildman–Crippen LogP) is 5.32. The molecule has 1 heterocycles. The number of aromatic nitrogens is 2. The predicted molar refractivity (Wildman–Crippen MR) is 134 cm³/mol. The molecule has 4 aromatic rings. The lowest BCUT2D eigenvalue weighted by molar-refractivity contribution is -0.133. The molecule has 35 heavy (non-hydrogen) atoms. The molecule has 2 N–H and O–H groups in total. The number of rotatable bonds is 11. The van der Waals surface area contributed by atoms with E-state index in [1.165, 1.54) is 6.08 Å². The first kappa shape index (κ1) is 23.5. The largest absolute Gasteiger partial charge is 0.464 e. The van der Waals surface area contributed by atoms with Crippen molar-refractivity contribution in [3.05, 3.63) is 109 Å². The van der Waals surface area contributed by atoms with Gasteiger partial charge in [0.25, 0.3) is 6.47 Å². The zero-order valence-electron chi connectivity index (χ0n) is 19.0. The Labute approximate surface area is 203 Å². The summed E-state index contributed by atoms with van der Waals surface area (Å²) >= 11 is 0.